The second-order valence-electron chi connectivity index (χ2n) is 4.30. The van der Waals surface area contributed by atoms with Gasteiger partial charge in [0.25, 0.3) is 0 Å². The normalized spacial score (nSPS) is 13.9. The minimum atomic E-state index is -0.318. The first-order valence-corrected chi connectivity index (χ1v) is 6.09. The highest BCUT2D eigenvalue weighted by Gasteiger charge is 2.03. The zero-order valence-electron chi connectivity index (χ0n) is 10.5. The van der Waals surface area contributed by atoms with Crippen molar-refractivity contribution in [1.82, 2.24) is 0 Å². The van der Waals surface area contributed by atoms with Crippen LogP contribution in [0.5, 0.6) is 0 Å². The molecule has 0 aliphatic rings. The summed E-state index contributed by atoms with van der Waals surface area (Å²) in [6.07, 6.45) is 4.82. The van der Waals surface area contributed by atoms with E-state index in [0.717, 1.165) is 24.8 Å². The number of hydrogen-bond donors (Lipinski definition) is 1. The molecule has 0 fully saturated rings. The van der Waals surface area contributed by atoms with Crippen LogP contribution in [-0.4, -0.2) is 5.11 Å². The van der Waals surface area contributed by atoms with Crippen molar-refractivity contribution in [2.75, 3.05) is 0 Å². The SMILES string of the molecule is CC/C=C(\C)Cc1ccc(C(O)CC)cc1. The summed E-state index contributed by atoms with van der Waals surface area (Å²) in [6, 6.07) is 8.29. The standard InChI is InChI=1S/C15H22O/c1-4-6-12(3)11-13-7-9-14(10-8-13)15(16)5-2/h6-10,15-16H,4-5,11H2,1-3H3/b12-6+. The van der Waals surface area contributed by atoms with Gasteiger partial charge in [-0.3, -0.25) is 0 Å². The third-order valence-corrected chi connectivity index (χ3v) is 2.79. The van der Waals surface area contributed by atoms with Crippen molar-refractivity contribution in [1.29, 1.82) is 0 Å². The van der Waals surface area contributed by atoms with Gasteiger partial charge in [0.1, 0.15) is 0 Å². The van der Waals surface area contributed by atoms with Gasteiger partial charge in [0.05, 0.1) is 6.10 Å². The number of benzene rings is 1. The highest BCUT2D eigenvalue weighted by molar-refractivity contribution is 5.27. The highest BCUT2D eigenvalue weighted by Crippen LogP contribution is 2.17. The summed E-state index contributed by atoms with van der Waals surface area (Å²) < 4.78 is 0. The molecule has 1 unspecified atom stereocenters. The Bertz CT molecular complexity index is 335. The van der Waals surface area contributed by atoms with E-state index < -0.39 is 0 Å². The molecule has 1 rings (SSSR count). The Labute approximate surface area is 98.8 Å². The molecule has 88 valence electrons. The number of aliphatic hydroxyl groups is 1. The Morgan fingerprint density at radius 2 is 1.88 bits per heavy atom. The second-order valence-corrected chi connectivity index (χ2v) is 4.30. The van der Waals surface area contributed by atoms with Gasteiger partial charge in [0.15, 0.2) is 0 Å². The first-order valence-electron chi connectivity index (χ1n) is 6.09. The van der Waals surface area contributed by atoms with Gasteiger partial charge in [-0.25, -0.2) is 0 Å². The molecule has 1 heteroatoms. The van der Waals surface area contributed by atoms with Gasteiger partial charge in [-0.1, -0.05) is 49.8 Å². The van der Waals surface area contributed by atoms with Crippen molar-refractivity contribution in [2.24, 2.45) is 0 Å². The van der Waals surface area contributed by atoms with Crippen LogP contribution in [0.1, 0.15) is 50.8 Å². The molecular weight excluding hydrogens is 196 g/mol. The lowest BCUT2D eigenvalue weighted by Gasteiger charge is -2.09. The molecule has 1 aromatic carbocycles. The molecule has 0 aliphatic heterocycles. The zero-order chi connectivity index (χ0) is 12.0. The second kappa shape index (κ2) is 6.49. The fourth-order valence-corrected chi connectivity index (χ4v) is 1.84. The molecule has 1 atom stereocenters. The smallest absolute Gasteiger partial charge is 0.0787 e. The highest BCUT2D eigenvalue weighted by atomic mass is 16.3. The maximum Gasteiger partial charge on any atom is 0.0787 e. The lowest BCUT2D eigenvalue weighted by Crippen LogP contribution is -1.95. The van der Waals surface area contributed by atoms with Gasteiger partial charge in [0, 0.05) is 0 Å². The van der Waals surface area contributed by atoms with Crippen LogP contribution in [0, 0.1) is 0 Å². The van der Waals surface area contributed by atoms with Gasteiger partial charge < -0.3 is 5.11 Å². The lowest BCUT2D eigenvalue weighted by atomic mass is 10.0. The third-order valence-electron chi connectivity index (χ3n) is 2.79. The Balaban J connectivity index is 2.68. The Hall–Kier alpha value is -1.08. The number of hydrogen-bond acceptors (Lipinski definition) is 1. The van der Waals surface area contributed by atoms with Crippen molar-refractivity contribution in [3.63, 3.8) is 0 Å². The van der Waals surface area contributed by atoms with Crippen molar-refractivity contribution < 1.29 is 5.11 Å². The van der Waals surface area contributed by atoms with Gasteiger partial charge in [0.2, 0.25) is 0 Å². The van der Waals surface area contributed by atoms with Crippen LogP contribution in [0.25, 0.3) is 0 Å². The molecule has 0 heterocycles. The van der Waals surface area contributed by atoms with Crippen LogP contribution < -0.4 is 0 Å². The van der Waals surface area contributed by atoms with Crippen molar-refractivity contribution >= 4 is 0 Å². The van der Waals surface area contributed by atoms with E-state index in [-0.39, 0.29) is 6.10 Å². The number of rotatable bonds is 5. The minimum Gasteiger partial charge on any atom is -0.388 e. The van der Waals surface area contributed by atoms with Crippen LogP contribution in [0.3, 0.4) is 0 Å². The predicted molar refractivity (Wildman–Crippen MR) is 69.4 cm³/mol. The molecule has 1 N–H and O–H groups in total. The maximum absolute atomic E-state index is 9.67. The van der Waals surface area contributed by atoms with Crippen molar-refractivity contribution in [3.8, 4) is 0 Å². The summed E-state index contributed by atoms with van der Waals surface area (Å²) in [5, 5.41) is 9.67. The van der Waals surface area contributed by atoms with Crippen LogP contribution in [0.4, 0.5) is 0 Å². The molecule has 0 spiro atoms. The van der Waals surface area contributed by atoms with Gasteiger partial charge in [-0.05, 0) is 37.3 Å². The summed E-state index contributed by atoms with van der Waals surface area (Å²) in [5.41, 5.74) is 3.74. The summed E-state index contributed by atoms with van der Waals surface area (Å²) in [5.74, 6) is 0. The lowest BCUT2D eigenvalue weighted by molar-refractivity contribution is 0.173. The van der Waals surface area contributed by atoms with E-state index in [1.54, 1.807) is 0 Å². The average Bonchev–Trinajstić information content (AvgIpc) is 2.29. The Kier molecular flexibility index (Phi) is 5.27. The van der Waals surface area contributed by atoms with Crippen LogP contribution in [0.15, 0.2) is 35.9 Å². The van der Waals surface area contributed by atoms with E-state index in [9.17, 15) is 5.11 Å². The molecule has 0 amide bonds. The van der Waals surface area contributed by atoms with Crippen molar-refractivity contribution in [3.05, 3.63) is 47.0 Å². The number of allylic oxidation sites excluding steroid dienone is 2. The fourth-order valence-electron chi connectivity index (χ4n) is 1.84. The topological polar surface area (TPSA) is 20.2 Å². The number of aliphatic hydroxyl groups excluding tert-OH is 1. The largest absolute Gasteiger partial charge is 0.388 e. The molecule has 0 bridgehead atoms. The third kappa shape index (κ3) is 3.82. The minimum absolute atomic E-state index is 0.318. The van der Waals surface area contributed by atoms with E-state index in [1.807, 2.05) is 19.1 Å². The maximum atomic E-state index is 9.67. The summed E-state index contributed by atoms with van der Waals surface area (Å²) in [4.78, 5) is 0. The summed E-state index contributed by atoms with van der Waals surface area (Å²) in [6.45, 7) is 6.31. The van der Waals surface area contributed by atoms with Crippen LogP contribution in [-0.2, 0) is 6.42 Å². The van der Waals surface area contributed by atoms with E-state index in [4.69, 9.17) is 0 Å². The van der Waals surface area contributed by atoms with Crippen molar-refractivity contribution in [2.45, 2.75) is 46.1 Å². The van der Waals surface area contributed by atoms with Crippen LogP contribution in [0.2, 0.25) is 0 Å². The van der Waals surface area contributed by atoms with Crippen LogP contribution >= 0.6 is 0 Å². The molecule has 1 nitrogen and oxygen atoms in total. The van der Waals surface area contributed by atoms with E-state index in [2.05, 4.69) is 32.1 Å². The molecule has 0 aliphatic carbocycles. The monoisotopic (exact) mass is 218 g/mol. The molecule has 0 saturated carbocycles. The molecule has 1 aromatic rings. The Morgan fingerprint density at radius 3 is 2.38 bits per heavy atom. The van der Waals surface area contributed by atoms with Gasteiger partial charge in [-0.2, -0.15) is 0 Å². The molecular formula is C15H22O. The predicted octanol–water partition coefficient (Wildman–Crippen LogP) is 4.03. The zero-order valence-corrected chi connectivity index (χ0v) is 10.5. The summed E-state index contributed by atoms with van der Waals surface area (Å²) >= 11 is 0. The molecule has 0 aromatic heterocycles. The van der Waals surface area contributed by atoms with E-state index in [0.29, 0.717) is 0 Å². The summed E-state index contributed by atoms with van der Waals surface area (Å²) in [7, 11) is 0. The first-order chi connectivity index (χ1) is 7.67. The van der Waals surface area contributed by atoms with E-state index >= 15 is 0 Å². The molecule has 0 radical (unpaired) electrons. The average molecular weight is 218 g/mol. The first kappa shape index (κ1) is 13.0. The van der Waals surface area contributed by atoms with Gasteiger partial charge >= 0.3 is 0 Å². The fraction of sp³-hybridized carbons (Fsp3) is 0.467. The molecule has 16 heavy (non-hydrogen) atoms. The Morgan fingerprint density at radius 1 is 1.25 bits per heavy atom. The van der Waals surface area contributed by atoms with E-state index in [1.165, 1.54) is 11.1 Å². The van der Waals surface area contributed by atoms with Gasteiger partial charge in [-0.15, -0.1) is 0 Å². The molecule has 0 saturated heterocycles. The quantitative estimate of drug-likeness (QED) is 0.740.